The fourth-order valence-electron chi connectivity index (χ4n) is 1.90. The highest BCUT2D eigenvalue weighted by atomic mass is 16.5. The highest BCUT2D eigenvalue weighted by molar-refractivity contribution is 5.20. The van der Waals surface area contributed by atoms with Gasteiger partial charge in [0.15, 0.2) is 0 Å². The van der Waals surface area contributed by atoms with Crippen molar-refractivity contribution in [3.63, 3.8) is 0 Å². The van der Waals surface area contributed by atoms with E-state index in [4.69, 9.17) is 4.74 Å². The second-order valence-electron chi connectivity index (χ2n) is 5.31. The predicted octanol–water partition coefficient (Wildman–Crippen LogP) is 4.03. The Morgan fingerprint density at radius 3 is 2.33 bits per heavy atom. The van der Waals surface area contributed by atoms with Crippen molar-refractivity contribution in [3.05, 3.63) is 30.3 Å². The van der Waals surface area contributed by atoms with Crippen LogP contribution in [0.3, 0.4) is 0 Å². The lowest BCUT2D eigenvalue weighted by atomic mass is 10.0. The van der Waals surface area contributed by atoms with Gasteiger partial charge in [-0.2, -0.15) is 0 Å². The zero-order valence-electron chi connectivity index (χ0n) is 11.6. The molecule has 0 amide bonds. The first-order chi connectivity index (χ1) is 8.68. The molecule has 0 spiro atoms. The molecule has 0 bridgehead atoms. The Balaban J connectivity index is 2.02. The maximum Gasteiger partial charge on any atom is 0.119 e. The third-order valence-corrected chi connectivity index (χ3v) is 3.00. The van der Waals surface area contributed by atoms with Gasteiger partial charge in [-0.1, -0.05) is 57.7 Å². The first kappa shape index (κ1) is 15.0. The van der Waals surface area contributed by atoms with Crippen LogP contribution in [-0.2, 0) is 0 Å². The quantitative estimate of drug-likeness (QED) is 0.670. The summed E-state index contributed by atoms with van der Waals surface area (Å²) in [5.74, 6) is 1.62. The zero-order valence-corrected chi connectivity index (χ0v) is 11.6. The van der Waals surface area contributed by atoms with Gasteiger partial charge in [0.1, 0.15) is 12.4 Å². The summed E-state index contributed by atoms with van der Waals surface area (Å²) in [6, 6.07) is 9.66. The van der Waals surface area contributed by atoms with Gasteiger partial charge in [0.2, 0.25) is 0 Å². The molecule has 1 unspecified atom stereocenters. The highest BCUT2D eigenvalue weighted by Gasteiger charge is 2.05. The second-order valence-corrected chi connectivity index (χ2v) is 5.31. The molecule has 0 aliphatic carbocycles. The minimum atomic E-state index is -0.343. The molecule has 102 valence electrons. The van der Waals surface area contributed by atoms with E-state index in [1.54, 1.807) is 0 Å². The first-order valence-corrected chi connectivity index (χ1v) is 7.04. The van der Waals surface area contributed by atoms with E-state index in [1.807, 2.05) is 30.3 Å². The summed E-state index contributed by atoms with van der Waals surface area (Å²) >= 11 is 0. The van der Waals surface area contributed by atoms with Crippen molar-refractivity contribution in [3.8, 4) is 5.75 Å². The summed E-state index contributed by atoms with van der Waals surface area (Å²) < 4.78 is 5.51. The van der Waals surface area contributed by atoms with E-state index in [9.17, 15) is 5.11 Å². The van der Waals surface area contributed by atoms with Crippen LogP contribution in [-0.4, -0.2) is 17.8 Å². The molecule has 1 atom stereocenters. The topological polar surface area (TPSA) is 29.5 Å². The molecular formula is C16H26O2. The predicted molar refractivity (Wildman–Crippen MR) is 75.9 cm³/mol. The number of unbranched alkanes of at least 4 members (excludes halogenated alkanes) is 2. The average Bonchev–Trinajstić information content (AvgIpc) is 2.37. The fourth-order valence-corrected chi connectivity index (χ4v) is 1.90. The molecule has 0 aromatic heterocycles. The van der Waals surface area contributed by atoms with Crippen molar-refractivity contribution >= 4 is 0 Å². The monoisotopic (exact) mass is 250 g/mol. The summed E-state index contributed by atoms with van der Waals surface area (Å²) in [4.78, 5) is 0. The van der Waals surface area contributed by atoms with Gasteiger partial charge in [0, 0.05) is 0 Å². The van der Waals surface area contributed by atoms with Crippen molar-refractivity contribution in [1.82, 2.24) is 0 Å². The molecule has 0 aliphatic heterocycles. The second kappa shape index (κ2) is 8.98. The van der Waals surface area contributed by atoms with E-state index in [2.05, 4.69) is 13.8 Å². The van der Waals surface area contributed by atoms with Gasteiger partial charge in [0.25, 0.3) is 0 Å². The molecule has 0 radical (unpaired) electrons. The average molecular weight is 250 g/mol. The summed E-state index contributed by atoms with van der Waals surface area (Å²) in [6.45, 7) is 4.90. The SMILES string of the molecule is CC(C)CCCCCC(O)COc1ccccc1. The summed E-state index contributed by atoms with van der Waals surface area (Å²) in [5, 5.41) is 9.79. The number of aliphatic hydroxyl groups is 1. The standard InChI is InChI=1S/C16H26O2/c1-14(2)9-5-3-6-10-15(17)13-18-16-11-7-4-8-12-16/h4,7-8,11-12,14-15,17H,3,5-6,9-10,13H2,1-2H3. The van der Waals surface area contributed by atoms with Gasteiger partial charge in [-0.15, -0.1) is 0 Å². The molecular weight excluding hydrogens is 224 g/mol. The van der Waals surface area contributed by atoms with Gasteiger partial charge < -0.3 is 9.84 Å². The van der Waals surface area contributed by atoms with Crippen LogP contribution in [0.1, 0.15) is 46.0 Å². The van der Waals surface area contributed by atoms with Gasteiger partial charge in [-0.25, -0.2) is 0 Å². The van der Waals surface area contributed by atoms with Crippen molar-refractivity contribution < 1.29 is 9.84 Å². The Labute approximate surface area is 111 Å². The molecule has 0 heterocycles. The fraction of sp³-hybridized carbons (Fsp3) is 0.625. The Morgan fingerprint density at radius 1 is 1.00 bits per heavy atom. The van der Waals surface area contributed by atoms with Gasteiger partial charge >= 0.3 is 0 Å². The molecule has 2 nitrogen and oxygen atoms in total. The van der Waals surface area contributed by atoms with E-state index >= 15 is 0 Å². The molecule has 1 N–H and O–H groups in total. The van der Waals surface area contributed by atoms with E-state index in [1.165, 1.54) is 19.3 Å². The lowest BCUT2D eigenvalue weighted by Gasteiger charge is -2.12. The maximum absolute atomic E-state index is 9.79. The van der Waals surface area contributed by atoms with Crippen LogP contribution in [0.2, 0.25) is 0 Å². The largest absolute Gasteiger partial charge is 0.491 e. The summed E-state index contributed by atoms with van der Waals surface area (Å²) in [6.07, 6.45) is 5.35. The van der Waals surface area contributed by atoms with Gasteiger partial charge in [0.05, 0.1) is 6.10 Å². The van der Waals surface area contributed by atoms with Crippen LogP contribution in [0.4, 0.5) is 0 Å². The van der Waals surface area contributed by atoms with E-state index in [0.717, 1.165) is 24.5 Å². The highest BCUT2D eigenvalue weighted by Crippen LogP contribution is 2.12. The Kier molecular flexibility index (Phi) is 7.51. The van der Waals surface area contributed by atoms with Gasteiger partial charge in [-0.3, -0.25) is 0 Å². The van der Waals surface area contributed by atoms with Crippen molar-refractivity contribution in [2.24, 2.45) is 5.92 Å². The first-order valence-electron chi connectivity index (χ1n) is 7.04. The lowest BCUT2D eigenvalue weighted by molar-refractivity contribution is 0.0974. The van der Waals surface area contributed by atoms with E-state index in [-0.39, 0.29) is 6.10 Å². The minimum absolute atomic E-state index is 0.343. The van der Waals surface area contributed by atoms with Crippen LogP contribution in [0.25, 0.3) is 0 Å². The normalized spacial score (nSPS) is 12.7. The molecule has 0 saturated heterocycles. The number of ether oxygens (including phenoxy) is 1. The van der Waals surface area contributed by atoms with Crippen molar-refractivity contribution in [1.29, 1.82) is 0 Å². The van der Waals surface area contributed by atoms with Crippen LogP contribution < -0.4 is 4.74 Å². The third kappa shape index (κ3) is 7.33. The molecule has 0 saturated carbocycles. The van der Waals surface area contributed by atoms with Crippen molar-refractivity contribution in [2.45, 2.75) is 52.1 Å². The lowest BCUT2D eigenvalue weighted by Crippen LogP contribution is -2.17. The molecule has 2 heteroatoms. The molecule has 0 aliphatic rings. The Morgan fingerprint density at radius 2 is 1.67 bits per heavy atom. The van der Waals surface area contributed by atoms with Crippen LogP contribution in [0.5, 0.6) is 5.75 Å². The minimum Gasteiger partial charge on any atom is -0.491 e. The van der Waals surface area contributed by atoms with Crippen LogP contribution in [0, 0.1) is 5.92 Å². The number of para-hydroxylation sites is 1. The van der Waals surface area contributed by atoms with Crippen molar-refractivity contribution in [2.75, 3.05) is 6.61 Å². The number of hydrogen-bond acceptors (Lipinski definition) is 2. The van der Waals surface area contributed by atoms with E-state index in [0.29, 0.717) is 6.61 Å². The zero-order chi connectivity index (χ0) is 13.2. The van der Waals surface area contributed by atoms with Gasteiger partial charge in [-0.05, 0) is 24.5 Å². The number of benzene rings is 1. The Hall–Kier alpha value is -1.02. The summed E-state index contributed by atoms with van der Waals surface area (Å²) in [5.41, 5.74) is 0. The number of aliphatic hydroxyl groups excluding tert-OH is 1. The Bertz CT molecular complexity index is 295. The molecule has 1 aromatic rings. The number of rotatable bonds is 9. The third-order valence-electron chi connectivity index (χ3n) is 3.00. The molecule has 1 rings (SSSR count). The van der Waals surface area contributed by atoms with E-state index < -0.39 is 0 Å². The molecule has 1 aromatic carbocycles. The molecule has 0 fully saturated rings. The smallest absolute Gasteiger partial charge is 0.119 e. The number of hydrogen-bond donors (Lipinski definition) is 1. The van der Waals surface area contributed by atoms with Crippen LogP contribution >= 0.6 is 0 Å². The summed E-state index contributed by atoms with van der Waals surface area (Å²) in [7, 11) is 0. The van der Waals surface area contributed by atoms with Crippen LogP contribution in [0.15, 0.2) is 30.3 Å². The maximum atomic E-state index is 9.79. The molecule has 18 heavy (non-hydrogen) atoms.